The standard InChI is InChI=1S/C23H21N3O6/c1-2-31-21-13-16(12-20(23(21)28)26(29)30)14-24-25-22(27)15-32-19-10-8-18(9-11-19)17-6-4-3-5-7-17/h3-14,28H,2,15H2,1H3,(H,25,27)/b24-14-. The number of carbonyl (C=O) groups is 1. The fourth-order valence-electron chi connectivity index (χ4n) is 2.83. The molecule has 0 aromatic heterocycles. The van der Waals surface area contributed by atoms with E-state index in [-0.39, 0.29) is 24.5 Å². The van der Waals surface area contributed by atoms with E-state index >= 15 is 0 Å². The first kappa shape index (κ1) is 22.3. The molecule has 1 amide bonds. The summed E-state index contributed by atoms with van der Waals surface area (Å²) in [4.78, 5) is 22.3. The van der Waals surface area contributed by atoms with Crippen molar-refractivity contribution in [2.24, 2.45) is 5.10 Å². The van der Waals surface area contributed by atoms with Crippen LogP contribution < -0.4 is 14.9 Å². The topological polar surface area (TPSA) is 123 Å². The predicted octanol–water partition coefficient (Wildman–Crippen LogP) is 3.90. The second-order valence-corrected chi connectivity index (χ2v) is 6.55. The van der Waals surface area contributed by atoms with Gasteiger partial charge in [-0.1, -0.05) is 42.5 Å². The zero-order valence-corrected chi connectivity index (χ0v) is 17.2. The molecular formula is C23H21N3O6. The minimum Gasteiger partial charge on any atom is -0.500 e. The van der Waals surface area contributed by atoms with Gasteiger partial charge in [0.2, 0.25) is 5.75 Å². The quantitative estimate of drug-likeness (QED) is 0.299. The number of carbonyl (C=O) groups excluding carboxylic acids is 1. The number of benzene rings is 3. The summed E-state index contributed by atoms with van der Waals surface area (Å²) in [7, 11) is 0. The highest BCUT2D eigenvalue weighted by Crippen LogP contribution is 2.36. The highest BCUT2D eigenvalue weighted by molar-refractivity contribution is 5.85. The van der Waals surface area contributed by atoms with Crippen molar-refractivity contribution in [3.05, 3.63) is 82.4 Å². The van der Waals surface area contributed by atoms with Gasteiger partial charge >= 0.3 is 5.69 Å². The maximum absolute atomic E-state index is 12.0. The smallest absolute Gasteiger partial charge is 0.315 e. The molecule has 0 aliphatic rings. The molecule has 3 rings (SSSR count). The molecule has 2 N–H and O–H groups in total. The van der Waals surface area contributed by atoms with Crippen molar-refractivity contribution in [2.45, 2.75) is 6.92 Å². The minimum atomic E-state index is -0.731. The molecule has 0 unspecified atom stereocenters. The van der Waals surface area contributed by atoms with Crippen molar-refractivity contribution in [3.8, 4) is 28.4 Å². The normalized spacial score (nSPS) is 10.7. The van der Waals surface area contributed by atoms with E-state index in [4.69, 9.17) is 9.47 Å². The maximum Gasteiger partial charge on any atom is 0.315 e. The summed E-state index contributed by atoms with van der Waals surface area (Å²) in [5.74, 6) is -0.590. The van der Waals surface area contributed by atoms with E-state index in [0.29, 0.717) is 5.75 Å². The van der Waals surface area contributed by atoms with Crippen LogP contribution in [0.25, 0.3) is 11.1 Å². The number of nitrogens with one attached hydrogen (secondary N) is 1. The number of aromatic hydroxyl groups is 1. The van der Waals surface area contributed by atoms with Gasteiger partial charge in [-0.2, -0.15) is 5.10 Å². The van der Waals surface area contributed by atoms with Gasteiger partial charge in [0, 0.05) is 11.6 Å². The molecule has 0 fully saturated rings. The molecule has 0 atom stereocenters. The molecule has 9 nitrogen and oxygen atoms in total. The van der Waals surface area contributed by atoms with Crippen LogP contribution >= 0.6 is 0 Å². The van der Waals surface area contributed by atoms with Crippen LogP contribution in [0.4, 0.5) is 5.69 Å². The third kappa shape index (κ3) is 5.82. The van der Waals surface area contributed by atoms with Crippen LogP contribution in [0.15, 0.2) is 71.8 Å². The lowest BCUT2D eigenvalue weighted by atomic mass is 10.1. The summed E-state index contributed by atoms with van der Waals surface area (Å²) >= 11 is 0. The number of hydrogen-bond acceptors (Lipinski definition) is 7. The third-order valence-corrected chi connectivity index (χ3v) is 4.31. The lowest BCUT2D eigenvalue weighted by Crippen LogP contribution is -2.24. The van der Waals surface area contributed by atoms with Gasteiger partial charge in [-0.05, 0) is 36.2 Å². The van der Waals surface area contributed by atoms with Crippen LogP contribution in [0.3, 0.4) is 0 Å². The zero-order valence-electron chi connectivity index (χ0n) is 17.2. The number of nitro groups is 1. The van der Waals surface area contributed by atoms with E-state index in [9.17, 15) is 20.0 Å². The maximum atomic E-state index is 12.0. The molecule has 0 spiro atoms. The van der Waals surface area contributed by atoms with Crippen LogP contribution in [0.1, 0.15) is 12.5 Å². The van der Waals surface area contributed by atoms with Crippen molar-refractivity contribution in [1.82, 2.24) is 5.43 Å². The molecule has 0 aliphatic carbocycles. The molecule has 0 aliphatic heterocycles. The molecule has 0 heterocycles. The Balaban J connectivity index is 1.56. The Morgan fingerprint density at radius 1 is 1.09 bits per heavy atom. The number of rotatable bonds is 9. The van der Waals surface area contributed by atoms with E-state index in [2.05, 4.69) is 10.5 Å². The van der Waals surface area contributed by atoms with E-state index in [1.165, 1.54) is 12.3 Å². The summed E-state index contributed by atoms with van der Waals surface area (Å²) in [6.07, 6.45) is 1.21. The first-order valence-electron chi connectivity index (χ1n) is 9.72. The molecule has 0 radical (unpaired) electrons. The van der Waals surface area contributed by atoms with Crippen LogP contribution in [0, 0.1) is 10.1 Å². The monoisotopic (exact) mass is 435 g/mol. The number of phenols is 1. The molecular weight excluding hydrogens is 414 g/mol. The molecule has 3 aromatic rings. The first-order valence-corrected chi connectivity index (χ1v) is 9.72. The molecule has 0 saturated carbocycles. The summed E-state index contributed by atoms with van der Waals surface area (Å²) < 4.78 is 10.6. The summed E-state index contributed by atoms with van der Waals surface area (Å²) in [5, 5.41) is 24.8. The molecule has 32 heavy (non-hydrogen) atoms. The van der Waals surface area contributed by atoms with Gasteiger partial charge in [-0.15, -0.1) is 0 Å². The zero-order chi connectivity index (χ0) is 22.9. The Kier molecular flexibility index (Phi) is 7.37. The van der Waals surface area contributed by atoms with Gasteiger partial charge in [-0.25, -0.2) is 5.43 Å². The largest absolute Gasteiger partial charge is 0.500 e. The Bertz CT molecular complexity index is 1110. The average Bonchev–Trinajstić information content (AvgIpc) is 2.80. The number of phenolic OH excluding ortho intramolecular Hbond substituents is 1. The van der Waals surface area contributed by atoms with Crippen molar-refractivity contribution in [1.29, 1.82) is 0 Å². The molecule has 9 heteroatoms. The second-order valence-electron chi connectivity index (χ2n) is 6.55. The van der Waals surface area contributed by atoms with E-state index in [1.807, 2.05) is 42.5 Å². The van der Waals surface area contributed by atoms with Gasteiger partial charge < -0.3 is 14.6 Å². The Morgan fingerprint density at radius 3 is 2.44 bits per heavy atom. The highest BCUT2D eigenvalue weighted by Gasteiger charge is 2.19. The second kappa shape index (κ2) is 10.6. The lowest BCUT2D eigenvalue weighted by molar-refractivity contribution is -0.386. The molecule has 0 bridgehead atoms. The van der Waals surface area contributed by atoms with Crippen molar-refractivity contribution in [2.75, 3.05) is 13.2 Å². The number of hydrogen-bond donors (Lipinski definition) is 2. The van der Waals surface area contributed by atoms with Crippen LogP contribution in [-0.2, 0) is 4.79 Å². The van der Waals surface area contributed by atoms with E-state index in [1.54, 1.807) is 19.1 Å². The molecule has 3 aromatic carbocycles. The number of nitrogens with zero attached hydrogens (tertiary/aromatic N) is 2. The Hall–Kier alpha value is -4.40. The number of hydrazone groups is 1. The van der Waals surface area contributed by atoms with Gasteiger partial charge in [0.1, 0.15) is 5.75 Å². The van der Waals surface area contributed by atoms with Gasteiger partial charge in [-0.3, -0.25) is 14.9 Å². The summed E-state index contributed by atoms with van der Waals surface area (Å²) in [6, 6.07) is 19.7. The van der Waals surface area contributed by atoms with Gasteiger partial charge in [0.15, 0.2) is 12.4 Å². The lowest BCUT2D eigenvalue weighted by Gasteiger charge is -2.07. The minimum absolute atomic E-state index is 0.0447. The number of ether oxygens (including phenoxy) is 2. The van der Waals surface area contributed by atoms with Crippen LogP contribution in [0.5, 0.6) is 17.2 Å². The van der Waals surface area contributed by atoms with Crippen molar-refractivity contribution < 1.29 is 24.3 Å². The Morgan fingerprint density at radius 2 is 1.78 bits per heavy atom. The van der Waals surface area contributed by atoms with Gasteiger partial charge in [0.25, 0.3) is 5.91 Å². The number of amides is 1. The highest BCUT2D eigenvalue weighted by atomic mass is 16.6. The van der Waals surface area contributed by atoms with Crippen molar-refractivity contribution >= 4 is 17.8 Å². The number of nitro benzene ring substituents is 1. The van der Waals surface area contributed by atoms with Gasteiger partial charge in [0.05, 0.1) is 17.7 Å². The van der Waals surface area contributed by atoms with E-state index < -0.39 is 22.3 Å². The summed E-state index contributed by atoms with van der Waals surface area (Å²) in [6.45, 7) is 1.63. The average molecular weight is 435 g/mol. The third-order valence-electron chi connectivity index (χ3n) is 4.31. The van der Waals surface area contributed by atoms with Crippen molar-refractivity contribution in [3.63, 3.8) is 0 Å². The molecule has 0 saturated heterocycles. The predicted molar refractivity (Wildman–Crippen MR) is 119 cm³/mol. The fraction of sp³-hybridized carbons (Fsp3) is 0.130. The van der Waals surface area contributed by atoms with Crippen LogP contribution in [0.2, 0.25) is 0 Å². The molecule has 164 valence electrons. The fourth-order valence-corrected chi connectivity index (χ4v) is 2.83. The first-order chi connectivity index (χ1) is 15.5. The van der Waals surface area contributed by atoms with E-state index in [0.717, 1.165) is 17.2 Å². The summed E-state index contributed by atoms with van der Waals surface area (Å²) in [5.41, 5.74) is 4.14. The van der Waals surface area contributed by atoms with Crippen LogP contribution in [-0.4, -0.2) is 35.4 Å². The Labute approximate surface area is 184 Å². The SMILES string of the molecule is CCOc1cc(/C=N\NC(=O)COc2ccc(-c3ccccc3)cc2)cc([N+](=O)[O-])c1O.